The third-order valence-corrected chi connectivity index (χ3v) is 5.63. The van der Waals surface area contributed by atoms with Crippen LogP contribution in [0.15, 0.2) is 30.7 Å². The highest BCUT2D eigenvalue weighted by molar-refractivity contribution is 7.27. The zero-order chi connectivity index (χ0) is 20.4. The van der Waals surface area contributed by atoms with E-state index in [2.05, 4.69) is 24.2 Å². The molecular formula is C19H23N6O3P. The average Bonchev–Trinajstić information content (AvgIpc) is 3.23. The second kappa shape index (κ2) is 8.39. The van der Waals surface area contributed by atoms with Crippen LogP contribution < -0.4 is 15.9 Å². The number of hydrogen-bond acceptors (Lipinski definition) is 7. The monoisotopic (exact) mass is 414 g/mol. The van der Waals surface area contributed by atoms with E-state index in [4.69, 9.17) is 10.6 Å². The fourth-order valence-electron chi connectivity index (χ4n) is 3.79. The van der Waals surface area contributed by atoms with Crippen molar-refractivity contribution in [2.24, 2.45) is 11.7 Å². The van der Waals surface area contributed by atoms with Crippen molar-refractivity contribution in [1.82, 2.24) is 20.0 Å². The van der Waals surface area contributed by atoms with Crippen molar-refractivity contribution in [1.29, 1.82) is 0 Å². The van der Waals surface area contributed by atoms with Gasteiger partial charge in [0.15, 0.2) is 0 Å². The Morgan fingerprint density at radius 3 is 2.72 bits per heavy atom. The minimum Gasteiger partial charge on any atom is -0.364 e. The molecule has 0 spiro atoms. The maximum atomic E-state index is 13.1. The molecule has 9 nitrogen and oxygen atoms in total. The third-order valence-electron chi connectivity index (χ3n) is 5.31. The molecule has 1 unspecified atom stereocenters. The lowest BCUT2D eigenvalue weighted by atomic mass is 9.95. The molecule has 10 heteroatoms. The molecular weight excluding hydrogens is 391 g/mol. The van der Waals surface area contributed by atoms with Gasteiger partial charge in [0.05, 0.1) is 12.6 Å². The van der Waals surface area contributed by atoms with Crippen LogP contribution in [0, 0.1) is 5.92 Å². The van der Waals surface area contributed by atoms with Crippen LogP contribution in [-0.4, -0.2) is 51.5 Å². The molecule has 0 saturated carbocycles. The summed E-state index contributed by atoms with van der Waals surface area (Å²) in [6.45, 7) is 1.77. The largest absolute Gasteiger partial charge is 0.364 e. The molecule has 4 rings (SSSR count). The van der Waals surface area contributed by atoms with Crippen molar-refractivity contribution >= 4 is 32.3 Å². The molecule has 2 aliphatic rings. The van der Waals surface area contributed by atoms with E-state index >= 15 is 0 Å². The molecule has 2 aromatic rings. The molecule has 152 valence electrons. The number of carbonyl (C=O) groups is 2. The Bertz CT molecular complexity index is 918. The summed E-state index contributed by atoms with van der Waals surface area (Å²) in [5.74, 6) is -0.239. The molecule has 2 saturated heterocycles. The summed E-state index contributed by atoms with van der Waals surface area (Å²) in [7, 11) is 2.63. The highest BCUT2D eigenvalue weighted by Gasteiger charge is 2.37. The summed E-state index contributed by atoms with van der Waals surface area (Å²) in [6.07, 6.45) is 7.17. The minimum atomic E-state index is -0.583. The smallest absolute Gasteiger partial charge is 0.267 e. The van der Waals surface area contributed by atoms with Crippen LogP contribution in [0.3, 0.4) is 0 Å². The number of hydroxylamine groups is 2. The number of carbonyl (C=O) groups excluding carboxylic acids is 2. The summed E-state index contributed by atoms with van der Waals surface area (Å²) in [5.41, 5.74) is 6.47. The van der Waals surface area contributed by atoms with Gasteiger partial charge < -0.3 is 10.6 Å². The first-order valence-electron chi connectivity index (χ1n) is 9.57. The number of primary amides is 1. The van der Waals surface area contributed by atoms with Crippen molar-refractivity contribution in [2.75, 3.05) is 24.6 Å². The number of nitrogens with two attached hydrogens (primary N) is 1. The molecule has 2 aromatic heterocycles. The number of hydrogen-bond donors (Lipinski definition) is 1. The van der Waals surface area contributed by atoms with Crippen molar-refractivity contribution in [3.8, 4) is 0 Å². The summed E-state index contributed by atoms with van der Waals surface area (Å²) in [4.78, 5) is 44.8. The van der Waals surface area contributed by atoms with E-state index < -0.39 is 5.91 Å². The average molecular weight is 414 g/mol. The third kappa shape index (κ3) is 4.21. The van der Waals surface area contributed by atoms with Crippen LogP contribution in [0.2, 0.25) is 0 Å². The van der Waals surface area contributed by atoms with Gasteiger partial charge in [-0.3, -0.25) is 19.4 Å². The number of amides is 2. The molecule has 2 amide bonds. The Balaban J connectivity index is 1.41. The lowest BCUT2D eigenvalue weighted by Gasteiger charge is -2.34. The maximum Gasteiger partial charge on any atom is 0.267 e. The van der Waals surface area contributed by atoms with Gasteiger partial charge in [-0.15, -0.1) is 9.24 Å². The number of nitrogens with zero attached hydrogens (tertiary/aromatic N) is 5. The van der Waals surface area contributed by atoms with Gasteiger partial charge in [0, 0.05) is 44.0 Å². The molecule has 0 bridgehead atoms. The van der Waals surface area contributed by atoms with Gasteiger partial charge in [-0.1, -0.05) is 0 Å². The first-order chi connectivity index (χ1) is 14.0. The number of anilines is 1. The van der Waals surface area contributed by atoms with Gasteiger partial charge in [0.2, 0.25) is 11.9 Å². The van der Waals surface area contributed by atoms with E-state index in [1.54, 1.807) is 12.4 Å². The van der Waals surface area contributed by atoms with Gasteiger partial charge in [0.1, 0.15) is 5.69 Å². The molecule has 2 fully saturated rings. The summed E-state index contributed by atoms with van der Waals surface area (Å²) < 4.78 is 0. The van der Waals surface area contributed by atoms with E-state index in [0.717, 1.165) is 17.3 Å². The molecule has 29 heavy (non-hydrogen) atoms. The lowest BCUT2D eigenvalue weighted by molar-refractivity contribution is -0.182. The highest BCUT2D eigenvalue weighted by atomic mass is 31.0. The Kier molecular flexibility index (Phi) is 5.69. The van der Waals surface area contributed by atoms with E-state index in [1.165, 1.54) is 17.3 Å². The minimum absolute atomic E-state index is 0.00751. The van der Waals surface area contributed by atoms with E-state index in [-0.39, 0.29) is 23.6 Å². The standard InChI is InChI=1S/C19H23N6O3P/c20-17(26)15-1-5-22-19(23-15)24-6-2-12(3-7-24)18(27)25-16(4-8-28-25)13-9-14(29)11-21-10-13/h1,5,9-12,16H,2-4,6-8,29H2,(H2,20,26)/t16-/m0/s1. The lowest BCUT2D eigenvalue weighted by Crippen LogP contribution is -2.42. The Labute approximate surface area is 170 Å². The van der Waals surface area contributed by atoms with Gasteiger partial charge in [-0.05, 0) is 35.8 Å². The van der Waals surface area contributed by atoms with Crippen molar-refractivity contribution in [3.05, 3.63) is 42.0 Å². The van der Waals surface area contributed by atoms with Crippen LogP contribution in [-0.2, 0) is 9.63 Å². The second-order valence-electron chi connectivity index (χ2n) is 7.22. The van der Waals surface area contributed by atoms with Crippen LogP contribution in [0.25, 0.3) is 0 Å². The van der Waals surface area contributed by atoms with Crippen molar-refractivity contribution < 1.29 is 14.4 Å². The summed E-state index contributed by atoms with van der Waals surface area (Å²) >= 11 is 0. The fraction of sp³-hybridized carbons (Fsp3) is 0.421. The zero-order valence-electron chi connectivity index (χ0n) is 15.9. The van der Waals surface area contributed by atoms with Crippen LogP contribution >= 0.6 is 9.24 Å². The van der Waals surface area contributed by atoms with Crippen molar-refractivity contribution in [2.45, 2.75) is 25.3 Å². The quantitative estimate of drug-likeness (QED) is 0.729. The van der Waals surface area contributed by atoms with Gasteiger partial charge >= 0.3 is 0 Å². The molecule has 4 heterocycles. The van der Waals surface area contributed by atoms with Crippen molar-refractivity contribution in [3.63, 3.8) is 0 Å². The Morgan fingerprint density at radius 2 is 2.00 bits per heavy atom. The molecule has 0 aliphatic carbocycles. The maximum absolute atomic E-state index is 13.1. The van der Waals surface area contributed by atoms with Crippen LogP contribution in [0.4, 0.5) is 5.95 Å². The summed E-state index contributed by atoms with van der Waals surface area (Å²) in [6, 6.07) is 3.40. The number of pyridine rings is 1. The molecule has 2 aliphatic heterocycles. The van der Waals surface area contributed by atoms with Gasteiger partial charge in [-0.25, -0.2) is 15.0 Å². The Morgan fingerprint density at radius 1 is 1.21 bits per heavy atom. The molecule has 2 atom stereocenters. The van der Waals surface area contributed by atoms with E-state index in [0.29, 0.717) is 38.5 Å². The zero-order valence-corrected chi connectivity index (χ0v) is 17.1. The van der Waals surface area contributed by atoms with Gasteiger partial charge in [-0.2, -0.15) is 0 Å². The Hall–Kier alpha value is -2.64. The van der Waals surface area contributed by atoms with Crippen LogP contribution in [0.5, 0.6) is 0 Å². The van der Waals surface area contributed by atoms with E-state index in [9.17, 15) is 9.59 Å². The highest BCUT2D eigenvalue weighted by Crippen LogP contribution is 2.33. The molecule has 2 N–H and O–H groups in total. The summed E-state index contributed by atoms with van der Waals surface area (Å²) in [5, 5.41) is 2.51. The SMILES string of the molecule is NC(=O)c1ccnc(N2CCC(C(=O)N3OCC[C@H]3c3cncc(P)c3)CC2)n1. The second-order valence-corrected chi connectivity index (χ2v) is 7.89. The number of rotatable bonds is 4. The predicted octanol–water partition coefficient (Wildman–Crippen LogP) is 0.592. The molecule has 0 radical (unpaired) electrons. The fourth-order valence-corrected chi connectivity index (χ4v) is 4.07. The van der Waals surface area contributed by atoms with Gasteiger partial charge in [0.25, 0.3) is 5.91 Å². The number of piperidine rings is 1. The van der Waals surface area contributed by atoms with E-state index in [1.807, 2.05) is 11.0 Å². The first kappa shape index (κ1) is 19.7. The first-order valence-corrected chi connectivity index (χ1v) is 10.1. The topological polar surface area (TPSA) is 115 Å². The molecule has 0 aromatic carbocycles. The predicted molar refractivity (Wildman–Crippen MR) is 109 cm³/mol. The normalized spacial score (nSPS) is 20.1. The van der Waals surface area contributed by atoms with Crippen LogP contribution in [0.1, 0.15) is 41.4 Å². The number of aromatic nitrogens is 3.